The molecule has 1 heterocycles. The van der Waals surface area contributed by atoms with Gasteiger partial charge in [-0.3, -0.25) is 4.79 Å². The fourth-order valence-electron chi connectivity index (χ4n) is 3.92. The smallest absolute Gasteiger partial charge is 0.251 e. The van der Waals surface area contributed by atoms with Crippen molar-refractivity contribution in [2.75, 3.05) is 19.6 Å². The molecule has 1 aromatic rings. The molecule has 4 nitrogen and oxygen atoms in total. The Labute approximate surface area is 143 Å². The highest BCUT2D eigenvalue weighted by atomic mass is 19.1. The number of carbonyl (C=O) groups excluding carboxylic acids is 1. The number of benzene rings is 1. The fourth-order valence-corrected chi connectivity index (χ4v) is 3.92. The molecule has 132 valence electrons. The maximum Gasteiger partial charge on any atom is 0.251 e. The lowest BCUT2D eigenvalue weighted by Gasteiger charge is -2.40. The summed E-state index contributed by atoms with van der Waals surface area (Å²) >= 11 is 0. The van der Waals surface area contributed by atoms with Gasteiger partial charge in [-0.15, -0.1) is 0 Å². The molecule has 1 aromatic carbocycles. The molecule has 2 N–H and O–H groups in total. The molecular formula is C19H27FN2O2. The summed E-state index contributed by atoms with van der Waals surface area (Å²) < 4.78 is 13.2. The molecule has 1 saturated heterocycles. The van der Waals surface area contributed by atoms with Gasteiger partial charge in [0.2, 0.25) is 0 Å². The first-order valence-corrected chi connectivity index (χ1v) is 9.05. The second-order valence-corrected chi connectivity index (χ2v) is 7.32. The Hall–Kier alpha value is -1.46. The van der Waals surface area contributed by atoms with Crippen LogP contribution in [0, 0.1) is 5.82 Å². The number of amides is 1. The van der Waals surface area contributed by atoms with Gasteiger partial charge in [-0.1, -0.05) is 25.3 Å². The fraction of sp³-hybridized carbons (Fsp3) is 0.632. The Kier molecular flexibility index (Phi) is 5.51. The van der Waals surface area contributed by atoms with Crippen LogP contribution in [0.25, 0.3) is 0 Å². The summed E-state index contributed by atoms with van der Waals surface area (Å²) in [4.78, 5) is 14.5. The molecule has 2 fully saturated rings. The quantitative estimate of drug-likeness (QED) is 0.890. The molecule has 0 radical (unpaired) electrons. The molecule has 0 unspecified atom stereocenters. The highest BCUT2D eigenvalue weighted by molar-refractivity contribution is 5.94. The topological polar surface area (TPSA) is 52.6 Å². The molecule has 2 aliphatic rings. The number of nitrogens with one attached hydrogen (secondary N) is 1. The zero-order valence-electron chi connectivity index (χ0n) is 14.1. The zero-order valence-corrected chi connectivity index (χ0v) is 14.1. The number of rotatable bonds is 4. The molecule has 24 heavy (non-hydrogen) atoms. The Bertz CT molecular complexity index is 564. The van der Waals surface area contributed by atoms with Crippen molar-refractivity contribution < 1.29 is 14.3 Å². The summed E-state index contributed by atoms with van der Waals surface area (Å²) in [5, 5.41) is 13.7. The van der Waals surface area contributed by atoms with Gasteiger partial charge in [0.1, 0.15) is 5.82 Å². The lowest BCUT2D eigenvalue weighted by molar-refractivity contribution is -0.0312. The maximum atomic E-state index is 13.2. The van der Waals surface area contributed by atoms with E-state index in [1.165, 1.54) is 18.6 Å². The van der Waals surface area contributed by atoms with Crippen molar-refractivity contribution >= 4 is 5.91 Å². The van der Waals surface area contributed by atoms with E-state index in [1.54, 1.807) is 12.1 Å². The van der Waals surface area contributed by atoms with Crippen LogP contribution in [0.1, 0.15) is 55.3 Å². The van der Waals surface area contributed by atoms with Gasteiger partial charge in [-0.25, -0.2) is 4.39 Å². The van der Waals surface area contributed by atoms with Crippen LogP contribution in [-0.4, -0.2) is 47.2 Å². The molecule has 1 aliphatic heterocycles. The average molecular weight is 334 g/mol. The van der Waals surface area contributed by atoms with Crippen molar-refractivity contribution in [1.82, 2.24) is 10.2 Å². The standard InChI is InChI=1S/C19H27FN2O2/c20-16-6-4-5-15(13-16)18(23)21-17-7-11-22(12-8-17)14-19(24)9-2-1-3-10-19/h4-6,13,17,24H,1-3,7-12,14H2,(H,21,23). The zero-order chi connectivity index (χ0) is 17.0. The average Bonchev–Trinajstić information content (AvgIpc) is 2.57. The highest BCUT2D eigenvalue weighted by Gasteiger charge is 2.32. The van der Waals surface area contributed by atoms with E-state index < -0.39 is 11.4 Å². The van der Waals surface area contributed by atoms with E-state index in [2.05, 4.69) is 10.2 Å². The molecule has 1 amide bonds. The number of halogens is 1. The van der Waals surface area contributed by atoms with Crippen LogP contribution in [0.15, 0.2) is 24.3 Å². The number of aliphatic hydroxyl groups is 1. The van der Waals surface area contributed by atoms with Crippen molar-refractivity contribution in [3.63, 3.8) is 0 Å². The summed E-state index contributed by atoms with van der Waals surface area (Å²) in [6, 6.07) is 5.91. The van der Waals surface area contributed by atoms with Crippen LogP contribution >= 0.6 is 0 Å². The van der Waals surface area contributed by atoms with E-state index in [-0.39, 0.29) is 11.9 Å². The number of carbonyl (C=O) groups is 1. The van der Waals surface area contributed by atoms with Gasteiger partial charge in [0, 0.05) is 31.2 Å². The third-order valence-corrected chi connectivity index (χ3v) is 5.31. The predicted octanol–water partition coefficient (Wildman–Crippen LogP) is 2.72. The molecular weight excluding hydrogens is 307 g/mol. The highest BCUT2D eigenvalue weighted by Crippen LogP contribution is 2.29. The van der Waals surface area contributed by atoms with Crippen LogP contribution in [0.5, 0.6) is 0 Å². The summed E-state index contributed by atoms with van der Waals surface area (Å²) in [7, 11) is 0. The van der Waals surface area contributed by atoms with Gasteiger partial charge >= 0.3 is 0 Å². The minimum Gasteiger partial charge on any atom is -0.389 e. The Morgan fingerprint density at radius 1 is 1.25 bits per heavy atom. The molecule has 0 atom stereocenters. The van der Waals surface area contributed by atoms with Crippen molar-refractivity contribution in [3.8, 4) is 0 Å². The third-order valence-electron chi connectivity index (χ3n) is 5.31. The van der Waals surface area contributed by atoms with Gasteiger partial charge in [0.05, 0.1) is 5.60 Å². The monoisotopic (exact) mass is 334 g/mol. The van der Waals surface area contributed by atoms with Crippen LogP contribution < -0.4 is 5.32 Å². The number of likely N-dealkylation sites (tertiary alicyclic amines) is 1. The predicted molar refractivity (Wildman–Crippen MR) is 91.4 cm³/mol. The van der Waals surface area contributed by atoms with E-state index in [4.69, 9.17) is 0 Å². The van der Waals surface area contributed by atoms with Gasteiger partial charge in [0.25, 0.3) is 5.91 Å². The van der Waals surface area contributed by atoms with Crippen LogP contribution in [0.4, 0.5) is 4.39 Å². The number of piperidine rings is 1. The first-order chi connectivity index (χ1) is 11.5. The summed E-state index contributed by atoms with van der Waals surface area (Å²) in [5.41, 5.74) is -0.149. The van der Waals surface area contributed by atoms with Gasteiger partial charge in [0.15, 0.2) is 0 Å². The summed E-state index contributed by atoms with van der Waals surface area (Å²) in [6.07, 6.45) is 7.03. The van der Waals surface area contributed by atoms with E-state index in [1.807, 2.05) is 0 Å². The molecule has 1 saturated carbocycles. The Morgan fingerprint density at radius 2 is 1.96 bits per heavy atom. The SMILES string of the molecule is O=C(NC1CCN(CC2(O)CCCCC2)CC1)c1cccc(F)c1. The van der Waals surface area contributed by atoms with Crippen molar-refractivity contribution in [1.29, 1.82) is 0 Å². The first-order valence-electron chi connectivity index (χ1n) is 9.05. The molecule has 0 spiro atoms. The molecule has 0 aromatic heterocycles. The molecule has 3 rings (SSSR count). The van der Waals surface area contributed by atoms with Crippen LogP contribution in [-0.2, 0) is 0 Å². The lowest BCUT2D eigenvalue weighted by Crippen LogP contribution is -2.50. The first kappa shape index (κ1) is 17.4. The van der Waals surface area contributed by atoms with E-state index in [9.17, 15) is 14.3 Å². The lowest BCUT2D eigenvalue weighted by atomic mass is 9.84. The third kappa shape index (κ3) is 4.54. The maximum absolute atomic E-state index is 13.2. The van der Waals surface area contributed by atoms with Gasteiger partial charge in [-0.05, 0) is 43.9 Å². The molecule has 5 heteroatoms. The number of hydrogen-bond acceptors (Lipinski definition) is 3. The van der Waals surface area contributed by atoms with Gasteiger partial charge < -0.3 is 15.3 Å². The molecule has 0 bridgehead atoms. The number of hydrogen-bond donors (Lipinski definition) is 2. The molecule has 1 aliphatic carbocycles. The van der Waals surface area contributed by atoms with Crippen LogP contribution in [0.2, 0.25) is 0 Å². The number of nitrogens with zero attached hydrogens (tertiary/aromatic N) is 1. The second-order valence-electron chi connectivity index (χ2n) is 7.32. The van der Waals surface area contributed by atoms with E-state index in [0.29, 0.717) is 5.56 Å². The van der Waals surface area contributed by atoms with Crippen molar-refractivity contribution in [2.45, 2.75) is 56.6 Å². The summed E-state index contributed by atoms with van der Waals surface area (Å²) in [6.45, 7) is 2.52. The summed E-state index contributed by atoms with van der Waals surface area (Å²) in [5.74, 6) is -0.600. The van der Waals surface area contributed by atoms with Gasteiger partial charge in [-0.2, -0.15) is 0 Å². The minimum absolute atomic E-state index is 0.123. The second kappa shape index (κ2) is 7.62. The van der Waals surface area contributed by atoms with Crippen molar-refractivity contribution in [3.05, 3.63) is 35.6 Å². The minimum atomic E-state index is -0.518. The Morgan fingerprint density at radius 3 is 2.62 bits per heavy atom. The van der Waals surface area contributed by atoms with Crippen molar-refractivity contribution in [2.24, 2.45) is 0 Å². The number of β-amino-alcohol motifs (C(OH)–C–C–N with tert-alkyl or cyclic N) is 1. The van der Waals surface area contributed by atoms with E-state index >= 15 is 0 Å². The van der Waals surface area contributed by atoms with Crippen LogP contribution in [0.3, 0.4) is 0 Å². The van der Waals surface area contributed by atoms with E-state index in [0.717, 1.165) is 58.2 Å². The largest absolute Gasteiger partial charge is 0.389 e. The normalized spacial score (nSPS) is 22.2. The Balaban J connectivity index is 1.46.